The molecule has 0 aromatic rings. The molecule has 4 rings (SSSR count). The van der Waals surface area contributed by atoms with Crippen LogP contribution in [0.25, 0.3) is 0 Å². The summed E-state index contributed by atoms with van der Waals surface area (Å²) in [7, 11) is 0. The molecule has 0 heterocycles. The maximum Gasteiger partial charge on any atom is 0.306 e. The van der Waals surface area contributed by atoms with Crippen LogP contribution in [0.4, 0.5) is 0 Å². The van der Waals surface area contributed by atoms with E-state index in [1.807, 2.05) is 0 Å². The summed E-state index contributed by atoms with van der Waals surface area (Å²) in [4.78, 5) is 26.2. The number of ether oxygens (including phenoxy) is 1. The fourth-order valence-electron chi connectivity index (χ4n) is 8.23. The molecule has 0 aromatic heterocycles. The summed E-state index contributed by atoms with van der Waals surface area (Å²) in [5.74, 6) is -0.686. The van der Waals surface area contributed by atoms with Crippen LogP contribution in [0.15, 0.2) is 12.2 Å². The van der Waals surface area contributed by atoms with E-state index in [0.717, 1.165) is 38.5 Å². The summed E-state index contributed by atoms with van der Waals surface area (Å²) < 4.78 is 6.15. The monoisotopic (exact) mass is 432 g/mol. The largest absolute Gasteiger partial charge is 0.462 e. The minimum absolute atomic E-state index is 0.0388. The van der Waals surface area contributed by atoms with Crippen molar-refractivity contribution in [2.45, 2.75) is 104 Å². The van der Waals surface area contributed by atoms with Crippen molar-refractivity contribution in [3.8, 4) is 0 Å². The van der Waals surface area contributed by atoms with E-state index in [0.29, 0.717) is 24.8 Å². The molecule has 2 bridgehead atoms. The maximum atomic E-state index is 13.5. The number of aliphatic hydroxyl groups is 2. The van der Waals surface area contributed by atoms with E-state index in [9.17, 15) is 19.8 Å². The highest BCUT2D eigenvalue weighted by Crippen LogP contribution is 2.71. The predicted molar refractivity (Wildman–Crippen MR) is 118 cm³/mol. The van der Waals surface area contributed by atoms with Gasteiger partial charge in [0.2, 0.25) is 0 Å². The number of esters is 1. The zero-order valence-electron chi connectivity index (χ0n) is 19.7. The van der Waals surface area contributed by atoms with Crippen LogP contribution in [0.3, 0.4) is 0 Å². The van der Waals surface area contributed by atoms with E-state index < -0.39 is 23.0 Å². The fourth-order valence-corrected chi connectivity index (χ4v) is 8.23. The lowest BCUT2D eigenvalue weighted by Gasteiger charge is -2.66. The number of aliphatic hydroxyl groups excluding tert-OH is 2. The molecule has 174 valence electrons. The Bertz CT molecular complexity index is 772. The van der Waals surface area contributed by atoms with Crippen LogP contribution in [0.2, 0.25) is 0 Å². The van der Waals surface area contributed by atoms with Gasteiger partial charge in [-0.2, -0.15) is 0 Å². The molecule has 2 N–H and O–H groups in total. The standard InChI is InChI=1S/C26H40O5/c1-6-7-8-9-21(28)31-20-12-13-24(3,4)18-14-19(27)26-17(25(18,20)5)11-10-16(23(26)30)15(2)22(26)29/h16-20,23,27,30H,2,6-14H2,1,3-5H3/t16-,17-,18+,19+,20-,23+,25-,26-/m0/s1. The van der Waals surface area contributed by atoms with Crippen molar-refractivity contribution in [1.82, 2.24) is 0 Å². The molecule has 31 heavy (non-hydrogen) atoms. The Balaban J connectivity index is 1.73. The Labute approximate surface area is 186 Å². The minimum Gasteiger partial charge on any atom is -0.462 e. The Hall–Kier alpha value is -1.20. The molecule has 0 aromatic carbocycles. The third kappa shape index (κ3) is 3.02. The quantitative estimate of drug-likeness (QED) is 0.386. The molecule has 0 amide bonds. The summed E-state index contributed by atoms with van der Waals surface area (Å²) in [6.07, 6.45) is 4.81. The van der Waals surface area contributed by atoms with Crippen molar-refractivity contribution >= 4 is 11.8 Å². The van der Waals surface area contributed by atoms with E-state index in [4.69, 9.17) is 4.74 Å². The number of Topliss-reactive ketones (excluding diaryl/α,β-unsaturated/α-hetero) is 1. The van der Waals surface area contributed by atoms with Gasteiger partial charge in [-0.05, 0) is 61.3 Å². The SMILES string of the molecule is C=C1C(=O)[C@@]23[C@H](O)C[C@@H]4C(C)(C)CC[C@H](OC(=O)CCCCC)[C@@]4(C)[C@@H]2CC[C@@H]1[C@H]3O. The molecule has 8 atom stereocenters. The van der Waals surface area contributed by atoms with Gasteiger partial charge in [0, 0.05) is 17.8 Å². The minimum atomic E-state index is -1.20. The Morgan fingerprint density at radius 3 is 2.52 bits per heavy atom. The average Bonchev–Trinajstić information content (AvgIpc) is 2.81. The molecule has 0 radical (unpaired) electrons. The van der Waals surface area contributed by atoms with Crippen LogP contribution in [-0.4, -0.2) is 40.3 Å². The van der Waals surface area contributed by atoms with E-state index in [2.05, 4.69) is 34.3 Å². The van der Waals surface area contributed by atoms with Crippen LogP contribution in [0, 0.1) is 34.0 Å². The molecule has 0 unspecified atom stereocenters. The van der Waals surface area contributed by atoms with Crippen molar-refractivity contribution in [1.29, 1.82) is 0 Å². The normalized spacial score (nSPS) is 45.7. The van der Waals surface area contributed by atoms with E-state index in [1.54, 1.807) is 0 Å². The van der Waals surface area contributed by atoms with Gasteiger partial charge in [0.15, 0.2) is 5.78 Å². The molecular weight excluding hydrogens is 392 g/mol. The first kappa shape index (κ1) is 23.0. The number of hydrogen-bond acceptors (Lipinski definition) is 5. The number of fused-ring (bicyclic) bond motifs is 3. The maximum absolute atomic E-state index is 13.5. The zero-order valence-corrected chi connectivity index (χ0v) is 19.7. The third-order valence-corrected chi connectivity index (χ3v) is 9.80. The van der Waals surface area contributed by atoms with Crippen molar-refractivity contribution in [3.05, 3.63) is 12.2 Å². The van der Waals surface area contributed by atoms with Crippen LogP contribution in [-0.2, 0) is 14.3 Å². The zero-order chi connectivity index (χ0) is 22.8. The van der Waals surface area contributed by atoms with E-state index >= 15 is 0 Å². The topological polar surface area (TPSA) is 83.8 Å². The predicted octanol–water partition coefficient (Wildman–Crippen LogP) is 4.20. The van der Waals surface area contributed by atoms with Crippen molar-refractivity contribution < 1.29 is 24.5 Å². The molecule has 4 aliphatic carbocycles. The summed E-state index contributed by atoms with van der Waals surface area (Å²) in [6.45, 7) is 12.8. The van der Waals surface area contributed by atoms with Gasteiger partial charge >= 0.3 is 5.97 Å². The first-order valence-electron chi connectivity index (χ1n) is 12.3. The Morgan fingerprint density at radius 2 is 1.84 bits per heavy atom. The van der Waals surface area contributed by atoms with Crippen LogP contribution in [0.5, 0.6) is 0 Å². The lowest BCUT2D eigenvalue weighted by atomic mass is 9.39. The first-order chi connectivity index (χ1) is 14.5. The van der Waals surface area contributed by atoms with Gasteiger partial charge in [0.1, 0.15) is 6.10 Å². The van der Waals surface area contributed by atoms with E-state index in [1.165, 1.54) is 0 Å². The first-order valence-corrected chi connectivity index (χ1v) is 12.3. The highest BCUT2D eigenvalue weighted by Gasteiger charge is 2.75. The average molecular weight is 433 g/mol. The van der Waals surface area contributed by atoms with Gasteiger partial charge in [0.25, 0.3) is 0 Å². The molecule has 4 aliphatic rings. The second-order valence-corrected chi connectivity index (χ2v) is 11.6. The number of hydrogen-bond donors (Lipinski definition) is 2. The van der Waals surface area contributed by atoms with Crippen molar-refractivity contribution in [3.63, 3.8) is 0 Å². The molecule has 4 saturated carbocycles. The van der Waals surface area contributed by atoms with Gasteiger partial charge in [-0.25, -0.2) is 0 Å². The van der Waals surface area contributed by atoms with E-state index in [-0.39, 0.29) is 41.0 Å². The summed E-state index contributed by atoms with van der Waals surface area (Å²) in [5.41, 5.74) is -1.23. The third-order valence-electron chi connectivity index (χ3n) is 9.80. The molecule has 0 saturated heterocycles. The van der Waals surface area contributed by atoms with Crippen molar-refractivity contribution in [2.24, 2.45) is 34.0 Å². The lowest BCUT2D eigenvalue weighted by molar-refractivity contribution is -0.256. The molecule has 0 aliphatic heterocycles. The van der Waals surface area contributed by atoms with Gasteiger partial charge in [0.05, 0.1) is 17.6 Å². The summed E-state index contributed by atoms with van der Waals surface area (Å²) in [6, 6.07) is 0. The highest BCUT2D eigenvalue weighted by molar-refractivity contribution is 6.04. The fraction of sp³-hybridized carbons (Fsp3) is 0.846. The number of carbonyl (C=O) groups excluding carboxylic acids is 2. The highest BCUT2D eigenvalue weighted by atomic mass is 16.5. The van der Waals surface area contributed by atoms with Gasteiger partial charge in [-0.1, -0.05) is 47.1 Å². The second-order valence-electron chi connectivity index (χ2n) is 11.6. The molecule has 1 spiro atoms. The summed E-state index contributed by atoms with van der Waals surface area (Å²) >= 11 is 0. The smallest absolute Gasteiger partial charge is 0.306 e. The second kappa shape index (κ2) is 7.69. The number of carbonyl (C=O) groups is 2. The van der Waals surface area contributed by atoms with Crippen LogP contribution in [0.1, 0.15) is 85.5 Å². The van der Waals surface area contributed by atoms with Crippen LogP contribution >= 0.6 is 0 Å². The van der Waals surface area contributed by atoms with Gasteiger partial charge in [-0.15, -0.1) is 0 Å². The Kier molecular flexibility index (Phi) is 5.70. The summed E-state index contributed by atoms with van der Waals surface area (Å²) in [5, 5.41) is 22.7. The van der Waals surface area contributed by atoms with Crippen LogP contribution < -0.4 is 0 Å². The van der Waals surface area contributed by atoms with Gasteiger partial charge < -0.3 is 14.9 Å². The molecule has 4 fully saturated rings. The van der Waals surface area contributed by atoms with Gasteiger partial charge in [-0.3, -0.25) is 9.59 Å². The number of unbranched alkanes of at least 4 members (excludes halogenated alkanes) is 2. The Morgan fingerprint density at radius 1 is 1.13 bits per heavy atom. The number of ketones is 1. The van der Waals surface area contributed by atoms with Crippen molar-refractivity contribution in [2.75, 3.05) is 0 Å². The number of rotatable bonds is 5. The molecular formula is C26H40O5. The molecule has 5 nitrogen and oxygen atoms in total. The molecule has 5 heteroatoms. The lowest BCUT2D eigenvalue weighted by Crippen LogP contribution is -2.70.